The van der Waals surface area contributed by atoms with Gasteiger partial charge in [0.25, 0.3) is 0 Å². The van der Waals surface area contributed by atoms with Crippen LogP contribution in [-0.4, -0.2) is 22.4 Å². The van der Waals surface area contributed by atoms with Crippen LogP contribution in [0.2, 0.25) is 0 Å². The fraction of sp³-hybridized carbons (Fsp3) is 0.308. The Morgan fingerprint density at radius 3 is 2.75 bits per heavy atom. The van der Waals surface area contributed by atoms with Gasteiger partial charge in [-0.1, -0.05) is 46.9 Å². The first kappa shape index (κ1) is 15.6. The number of carbonyl (C=O) groups excluding carboxylic acids is 1. The molecule has 7 heteroatoms. The van der Waals surface area contributed by atoms with E-state index < -0.39 is 16.6 Å². The molecular weight excluding hydrogens is 328 g/mol. The number of alkyl halides is 4. The van der Waals surface area contributed by atoms with Gasteiger partial charge in [0.05, 0.1) is 12.3 Å². The van der Waals surface area contributed by atoms with E-state index in [1.54, 1.807) is 24.3 Å². The van der Waals surface area contributed by atoms with E-state index >= 15 is 0 Å². The predicted octanol–water partition coefficient (Wildman–Crippen LogP) is 4.26. The average molecular weight is 339 g/mol. The van der Waals surface area contributed by atoms with Crippen LogP contribution in [0.1, 0.15) is 16.8 Å². The lowest BCUT2D eigenvalue weighted by Gasteiger charge is -2.20. The topological polar surface area (TPSA) is 42.2 Å². The number of Topliss-reactive ketones (excluding diaryl/α,β-unsaturated/α-hetero) is 1. The van der Waals surface area contributed by atoms with Crippen LogP contribution in [0.3, 0.4) is 0 Å². The third kappa shape index (κ3) is 3.85. The van der Waals surface area contributed by atoms with E-state index in [9.17, 15) is 9.18 Å². The van der Waals surface area contributed by atoms with E-state index in [1.165, 1.54) is 6.26 Å². The smallest absolute Gasteiger partial charge is 0.192 e. The Bertz CT molecular complexity index is 609. The number of fused-ring (bicyclic) bond motifs is 1. The van der Waals surface area contributed by atoms with Crippen molar-refractivity contribution in [3.05, 3.63) is 36.1 Å². The molecule has 108 valence electrons. The zero-order valence-corrected chi connectivity index (χ0v) is 12.5. The molecule has 0 amide bonds. The van der Waals surface area contributed by atoms with Crippen LogP contribution in [0.15, 0.2) is 34.9 Å². The fourth-order valence-electron chi connectivity index (χ4n) is 1.89. The average Bonchev–Trinajstić information content (AvgIpc) is 2.83. The summed E-state index contributed by atoms with van der Waals surface area (Å²) in [6, 6.07) is 5.82. The highest BCUT2D eigenvalue weighted by Gasteiger charge is 2.30. The molecule has 0 radical (unpaired) electrons. The predicted molar refractivity (Wildman–Crippen MR) is 78.4 cm³/mol. The highest BCUT2D eigenvalue weighted by atomic mass is 35.6. The van der Waals surface area contributed by atoms with Gasteiger partial charge in [0, 0.05) is 17.4 Å². The van der Waals surface area contributed by atoms with Crippen molar-refractivity contribution in [1.29, 1.82) is 0 Å². The van der Waals surface area contributed by atoms with E-state index in [0.717, 1.165) is 5.39 Å². The van der Waals surface area contributed by atoms with Gasteiger partial charge in [-0.25, -0.2) is 4.39 Å². The van der Waals surface area contributed by atoms with Crippen LogP contribution < -0.4 is 5.32 Å². The summed E-state index contributed by atoms with van der Waals surface area (Å²) in [5.41, 5.74) is 0.941. The van der Waals surface area contributed by atoms with Crippen LogP contribution in [0.4, 0.5) is 4.39 Å². The number of rotatable bonds is 5. The largest absolute Gasteiger partial charge is 0.464 e. The zero-order valence-electron chi connectivity index (χ0n) is 10.2. The molecule has 0 saturated heterocycles. The minimum absolute atomic E-state index is 0.128. The van der Waals surface area contributed by atoms with Crippen molar-refractivity contribution in [2.75, 3.05) is 6.80 Å². The molecule has 0 aliphatic carbocycles. The van der Waals surface area contributed by atoms with Crippen molar-refractivity contribution in [2.24, 2.45) is 0 Å². The molecule has 2 aromatic rings. The summed E-state index contributed by atoms with van der Waals surface area (Å²) in [6.45, 7) is -0.889. The Hall–Kier alpha value is -0.810. The SMILES string of the molecule is O=C(c1ccc2ccoc2c1)C(CC(Cl)(Cl)Cl)NCF. The summed E-state index contributed by atoms with van der Waals surface area (Å²) in [4.78, 5) is 12.3. The molecule has 0 fully saturated rings. The molecule has 1 N–H and O–H groups in total. The molecule has 1 aromatic heterocycles. The maximum Gasteiger partial charge on any atom is 0.192 e. The molecule has 0 spiro atoms. The Balaban J connectivity index is 2.25. The molecule has 20 heavy (non-hydrogen) atoms. The van der Waals surface area contributed by atoms with Gasteiger partial charge >= 0.3 is 0 Å². The molecule has 0 bridgehead atoms. The number of hydrogen-bond acceptors (Lipinski definition) is 3. The minimum Gasteiger partial charge on any atom is -0.464 e. The van der Waals surface area contributed by atoms with Gasteiger partial charge < -0.3 is 4.42 Å². The van der Waals surface area contributed by atoms with Gasteiger partial charge in [-0.05, 0) is 12.1 Å². The van der Waals surface area contributed by atoms with Crippen molar-refractivity contribution in [3.8, 4) is 0 Å². The van der Waals surface area contributed by atoms with Crippen LogP contribution in [0.5, 0.6) is 0 Å². The van der Waals surface area contributed by atoms with Crippen molar-refractivity contribution in [1.82, 2.24) is 5.32 Å². The quantitative estimate of drug-likeness (QED) is 0.503. The Morgan fingerprint density at radius 2 is 2.10 bits per heavy atom. The number of furan rings is 1. The maximum absolute atomic E-state index is 12.5. The van der Waals surface area contributed by atoms with Gasteiger partial charge in [0.1, 0.15) is 12.4 Å². The molecule has 0 saturated carbocycles. The third-order valence-electron chi connectivity index (χ3n) is 2.82. The Morgan fingerprint density at radius 1 is 1.35 bits per heavy atom. The second-order valence-corrected chi connectivity index (χ2v) is 6.76. The number of carbonyl (C=O) groups is 1. The molecule has 1 unspecified atom stereocenters. The van der Waals surface area contributed by atoms with E-state index in [1.807, 2.05) is 0 Å². The number of halogens is 4. The van der Waals surface area contributed by atoms with E-state index in [0.29, 0.717) is 11.1 Å². The van der Waals surface area contributed by atoms with Crippen molar-refractivity contribution in [2.45, 2.75) is 16.3 Å². The molecule has 1 heterocycles. The highest BCUT2D eigenvalue weighted by molar-refractivity contribution is 6.67. The summed E-state index contributed by atoms with van der Waals surface area (Å²) in [6.07, 6.45) is 1.40. The second kappa shape index (κ2) is 6.31. The normalized spacial score (nSPS) is 13.6. The maximum atomic E-state index is 12.5. The molecular formula is C13H11Cl3FNO2. The first-order chi connectivity index (χ1) is 9.40. The number of benzene rings is 1. The standard InChI is InChI=1S/C13H11Cl3FNO2/c14-13(15,16)6-10(18-7-17)12(19)9-2-1-8-3-4-20-11(8)5-9/h1-5,10,18H,6-7H2. The first-order valence-electron chi connectivity index (χ1n) is 5.78. The monoisotopic (exact) mass is 337 g/mol. The molecule has 2 rings (SSSR count). The summed E-state index contributed by atoms with van der Waals surface area (Å²) in [7, 11) is 0. The molecule has 1 aromatic carbocycles. The van der Waals surface area contributed by atoms with Crippen LogP contribution >= 0.6 is 34.8 Å². The second-order valence-electron chi connectivity index (χ2n) is 4.25. The van der Waals surface area contributed by atoms with Crippen molar-refractivity contribution >= 4 is 51.6 Å². The lowest BCUT2D eigenvalue weighted by Crippen LogP contribution is -2.39. The van der Waals surface area contributed by atoms with Crippen molar-refractivity contribution in [3.63, 3.8) is 0 Å². The first-order valence-corrected chi connectivity index (χ1v) is 6.91. The number of nitrogens with one attached hydrogen (secondary N) is 1. The van der Waals surface area contributed by atoms with Crippen LogP contribution in [-0.2, 0) is 0 Å². The molecule has 0 aliphatic rings. The van der Waals surface area contributed by atoms with Gasteiger partial charge in [0.2, 0.25) is 0 Å². The highest BCUT2D eigenvalue weighted by Crippen LogP contribution is 2.32. The van der Waals surface area contributed by atoms with E-state index in [-0.39, 0.29) is 12.2 Å². The lowest BCUT2D eigenvalue weighted by atomic mass is 10.0. The molecule has 1 atom stereocenters. The zero-order chi connectivity index (χ0) is 14.8. The summed E-state index contributed by atoms with van der Waals surface area (Å²) in [5, 5.41) is 3.25. The Kier molecular flexibility index (Phi) is 4.91. The van der Waals surface area contributed by atoms with Crippen molar-refractivity contribution < 1.29 is 13.6 Å². The van der Waals surface area contributed by atoms with E-state index in [2.05, 4.69) is 5.32 Å². The van der Waals surface area contributed by atoms with Gasteiger partial charge in [-0.2, -0.15) is 0 Å². The fourth-order valence-corrected chi connectivity index (χ4v) is 2.35. The summed E-state index contributed by atoms with van der Waals surface area (Å²) in [5.74, 6) is -0.354. The number of hydrogen-bond donors (Lipinski definition) is 1. The number of ketones is 1. The van der Waals surface area contributed by atoms with Gasteiger partial charge in [-0.3, -0.25) is 10.1 Å². The third-order valence-corrected chi connectivity index (χ3v) is 3.28. The van der Waals surface area contributed by atoms with Crippen LogP contribution in [0, 0.1) is 0 Å². The van der Waals surface area contributed by atoms with E-state index in [4.69, 9.17) is 39.2 Å². The lowest BCUT2D eigenvalue weighted by molar-refractivity contribution is 0.0930. The minimum atomic E-state index is -1.64. The molecule has 0 aliphatic heterocycles. The van der Waals surface area contributed by atoms with Gasteiger partial charge in [0.15, 0.2) is 9.58 Å². The Labute approximate surface area is 130 Å². The van der Waals surface area contributed by atoms with Crippen LogP contribution in [0.25, 0.3) is 11.0 Å². The van der Waals surface area contributed by atoms with Gasteiger partial charge in [-0.15, -0.1) is 0 Å². The summed E-state index contributed by atoms with van der Waals surface area (Å²) < 4.78 is 16.1. The summed E-state index contributed by atoms with van der Waals surface area (Å²) >= 11 is 17.0. The molecule has 3 nitrogen and oxygen atoms in total.